The molecular weight excluding hydrogens is 469 g/mol. The Balaban J connectivity index is 1.47. The zero-order valence-corrected chi connectivity index (χ0v) is 20.8. The summed E-state index contributed by atoms with van der Waals surface area (Å²) in [6.07, 6.45) is 6.52. The Kier molecular flexibility index (Phi) is 5.98. The number of nitrogens with zero attached hydrogens (tertiary/aromatic N) is 5. The van der Waals surface area contributed by atoms with Crippen molar-refractivity contribution < 1.29 is 17.5 Å². The van der Waals surface area contributed by atoms with Crippen LogP contribution in [0.5, 0.6) is 0 Å². The summed E-state index contributed by atoms with van der Waals surface area (Å²) in [4.78, 5) is 6.30. The first-order valence-electron chi connectivity index (χ1n) is 11.4. The van der Waals surface area contributed by atoms with Crippen molar-refractivity contribution in [1.29, 1.82) is 0 Å². The lowest BCUT2D eigenvalue weighted by Gasteiger charge is -2.45. The molecule has 0 saturated carbocycles. The lowest BCUT2D eigenvalue weighted by Crippen LogP contribution is -2.51. The van der Waals surface area contributed by atoms with Gasteiger partial charge < -0.3 is 9.64 Å². The third kappa shape index (κ3) is 4.15. The lowest BCUT2D eigenvalue weighted by atomic mass is 9.69. The summed E-state index contributed by atoms with van der Waals surface area (Å²) in [7, 11) is 1.64. The van der Waals surface area contributed by atoms with E-state index in [4.69, 9.17) is 4.74 Å². The fraction of sp³-hybridized carbons (Fsp3) is 0.360. The number of hydrogen-bond donors (Lipinski definition) is 0. The number of benzene rings is 1. The number of sulfonamides is 1. The van der Waals surface area contributed by atoms with Crippen LogP contribution in [0.25, 0.3) is 11.8 Å². The molecule has 10 heteroatoms. The van der Waals surface area contributed by atoms with E-state index in [9.17, 15) is 12.8 Å². The highest BCUT2D eigenvalue weighted by Crippen LogP contribution is 2.45. The van der Waals surface area contributed by atoms with Crippen LogP contribution in [0.15, 0.2) is 59.3 Å². The number of hydrogen-bond acceptors (Lipinski definition) is 6. The maximum Gasteiger partial charge on any atom is 0.244 e. The first kappa shape index (κ1) is 23.7. The van der Waals surface area contributed by atoms with E-state index in [1.807, 2.05) is 19.0 Å². The third-order valence-corrected chi connectivity index (χ3v) is 8.65. The number of methoxy groups -OCH3 is 1. The molecule has 1 aromatic carbocycles. The number of rotatable bonds is 6. The lowest BCUT2D eigenvalue weighted by molar-refractivity contribution is 0.0733. The summed E-state index contributed by atoms with van der Waals surface area (Å²) in [5.74, 6) is 0.397. The highest BCUT2D eigenvalue weighted by molar-refractivity contribution is 7.89. The molecule has 3 heterocycles. The molecule has 0 bridgehead atoms. The van der Waals surface area contributed by atoms with Gasteiger partial charge in [-0.1, -0.05) is 5.57 Å². The molecule has 1 saturated heterocycles. The largest absolute Gasteiger partial charge is 0.384 e. The maximum atomic E-state index is 13.5. The summed E-state index contributed by atoms with van der Waals surface area (Å²) >= 11 is 0. The minimum atomic E-state index is -3.72. The van der Waals surface area contributed by atoms with E-state index < -0.39 is 15.4 Å². The number of anilines is 1. The summed E-state index contributed by atoms with van der Waals surface area (Å²) in [6, 6.07) is 9.54. The van der Waals surface area contributed by atoms with Crippen LogP contribution in [0.3, 0.4) is 0 Å². The SMILES string of the molecule is COCC12Cc3cnn(-c4ccc(F)cc4)c3C=C1CCN(S(=O)(=O)c1ccc(N(C)C)nc1)C2. The second-order valence-electron chi connectivity index (χ2n) is 9.34. The van der Waals surface area contributed by atoms with E-state index in [0.717, 1.165) is 22.5 Å². The Morgan fingerprint density at radius 3 is 2.57 bits per heavy atom. The number of pyridine rings is 1. The van der Waals surface area contributed by atoms with Gasteiger partial charge in [-0.15, -0.1) is 0 Å². The van der Waals surface area contributed by atoms with Crippen molar-refractivity contribution in [2.75, 3.05) is 45.8 Å². The van der Waals surface area contributed by atoms with Gasteiger partial charge in [0.25, 0.3) is 0 Å². The molecule has 0 spiro atoms. The molecule has 2 aliphatic rings. The topological polar surface area (TPSA) is 80.6 Å². The molecule has 3 aromatic rings. The van der Waals surface area contributed by atoms with Crippen molar-refractivity contribution in [3.05, 3.63) is 71.4 Å². The highest BCUT2D eigenvalue weighted by atomic mass is 32.2. The van der Waals surface area contributed by atoms with E-state index in [1.165, 1.54) is 18.3 Å². The number of piperidine rings is 1. The molecule has 184 valence electrons. The zero-order valence-electron chi connectivity index (χ0n) is 20.0. The number of aromatic nitrogens is 3. The summed E-state index contributed by atoms with van der Waals surface area (Å²) < 4.78 is 49.4. The number of fused-ring (bicyclic) bond motifs is 2. The molecule has 1 atom stereocenters. The van der Waals surface area contributed by atoms with Crippen LogP contribution in [0.2, 0.25) is 0 Å². The summed E-state index contributed by atoms with van der Waals surface area (Å²) in [6.45, 7) is 1.07. The molecular formula is C25H28FN5O3S. The van der Waals surface area contributed by atoms with Gasteiger partial charge in [-0.05, 0) is 60.9 Å². The maximum absolute atomic E-state index is 13.5. The van der Waals surface area contributed by atoms with Gasteiger partial charge in [-0.3, -0.25) is 0 Å². The van der Waals surface area contributed by atoms with Crippen molar-refractivity contribution in [1.82, 2.24) is 19.1 Å². The van der Waals surface area contributed by atoms with Crippen molar-refractivity contribution in [2.24, 2.45) is 5.41 Å². The zero-order chi connectivity index (χ0) is 24.8. The fourth-order valence-corrected chi connectivity index (χ4v) is 6.50. The van der Waals surface area contributed by atoms with Crippen LogP contribution in [0.4, 0.5) is 10.2 Å². The van der Waals surface area contributed by atoms with Gasteiger partial charge in [0.1, 0.15) is 16.5 Å². The van der Waals surface area contributed by atoms with Crippen molar-refractivity contribution >= 4 is 21.9 Å². The second-order valence-corrected chi connectivity index (χ2v) is 11.3. The van der Waals surface area contributed by atoms with Crippen molar-refractivity contribution in [3.8, 4) is 5.69 Å². The molecule has 1 aliphatic carbocycles. The highest BCUT2D eigenvalue weighted by Gasteiger charge is 2.46. The number of ether oxygens (including phenoxy) is 1. The van der Waals surface area contributed by atoms with Crippen LogP contribution in [-0.2, 0) is 21.2 Å². The average Bonchev–Trinajstić information content (AvgIpc) is 3.25. The monoisotopic (exact) mass is 497 g/mol. The van der Waals surface area contributed by atoms with Crippen LogP contribution in [0.1, 0.15) is 17.7 Å². The predicted molar refractivity (Wildman–Crippen MR) is 131 cm³/mol. The van der Waals surface area contributed by atoms with Gasteiger partial charge in [0.15, 0.2) is 0 Å². The van der Waals surface area contributed by atoms with E-state index in [0.29, 0.717) is 38.4 Å². The second kappa shape index (κ2) is 8.85. The third-order valence-electron chi connectivity index (χ3n) is 6.83. The standard InChI is InChI=1S/C25H28FN5O3S/c1-29(2)24-9-8-22(15-27-24)35(32,33)30-11-10-19-12-23-18(13-25(19,16-30)17-34-3)14-28-31(23)21-6-4-20(26)5-7-21/h4-9,12,14-15H,10-11,13,16-17H2,1-3H3. The molecule has 35 heavy (non-hydrogen) atoms. The van der Waals surface area contributed by atoms with Gasteiger partial charge in [0.05, 0.1) is 24.2 Å². The first-order valence-corrected chi connectivity index (χ1v) is 12.8. The summed E-state index contributed by atoms with van der Waals surface area (Å²) in [5, 5.41) is 4.55. The Bertz CT molecular complexity index is 1370. The van der Waals surface area contributed by atoms with Crippen molar-refractivity contribution in [2.45, 2.75) is 17.7 Å². The molecule has 2 aromatic heterocycles. The Morgan fingerprint density at radius 2 is 1.91 bits per heavy atom. The molecule has 8 nitrogen and oxygen atoms in total. The Morgan fingerprint density at radius 1 is 1.14 bits per heavy atom. The van der Waals surface area contributed by atoms with Crippen LogP contribution < -0.4 is 4.90 Å². The fourth-order valence-electron chi connectivity index (χ4n) is 5.03. The summed E-state index contributed by atoms with van der Waals surface area (Å²) in [5.41, 5.74) is 3.38. The molecule has 5 rings (SSSR count). The van der Waals surface area contributed by atoms with Crippen LogP contribution in [-0.4, -0.2) is 68.4 Å². The molecule has 0 amide bonds. The molecule has 1 fully saturated rings. The van der Waals surface area contributed by atoms with E-state index in [1.54, 1.807) is 46.6 Å². The van der Waals surface area contributed by atoms with E-state index in [-0.39, 0.29) is 10.7 Å². The van der Waals surface area contributed by atoms with Gasteiger partial charge in [-0.2, -0.15) is 9.40 Å². The Labute approximate surface area is 204 Å². The predicted octanol–water partition coefficient (Wildman–Crippen LogP) is 3.14. The first-order chi connectivity index (χ1) is 16.7. The van der Waals surface area contributed by atoms with Gasteiger partial charge >= 0.3 is 0 Å². The quantitative estimate of drug-likeness (QED) is 0.521. The van der Waals surface area contributed by atoms with Gasteiger partial charge in [0, 0.05) is 45.9 Å². The van der Waals surface area contributed by atoms with Crippen molar-refractivity contribution in [3.63, 3.8) is 0 Å². The smallest absolute Gasteiger partial charge is 0.244 e. The van der Waals surface area contributed by atoms with E-state index >= 15 is 0 Å². The minimum Gasteiger partial charge on any atom is -0.384 e. The molecule has 0 N–H and O–H groups in total. The Hall–Kier alpha value is -3.08. The molecule has 1 aliphatic heterocycles. The molecule has 1 unspecified atom stereocenters. The van der Waals surface area contributed by atoms with Crippen LogP contribution >= 0.6 is 0 Å². The van der Waals surface area contributed by atoms with Gasteiger partial charge in [-0.25, -0.2) is 22.5 Å². The van der Waals surface area contributed by atoms with Gasteiger partial charge in [0.2, 0.25) is 10.0 Å². The normalized spacial score (nSPS) is 20.2. The average molecular weight is 498 g/mol. The van der Waals surface area contributed by atoms with Crippen LogP contribution in [0, 0.1) is 11.2 Å². The molecule has 0 radical (unpaired) electrons. The number of halogens is 1. The van der Waals surface area contributed by atoms with E-state index in [2.05, 4.69) is 16.2 Å². The minimum absolute atomic E-state index is 0.184.